The van der Waals surface area contributed by atoms with Crippen LogP contribution in [-0.4, -0.2) is 32.8 Å². The molecule has 25 heavy (non-hydrogen) atoms. The maximum Gasteiger partial charge on any atom is 0.248 e. The highest BCUT2D eigenvalue weighted by molar-refractivity contribution is 5.87. The first-order chi connectivity index (χ1) is 12.1. The third-order valence-corrected chi connectivity index (χ3v) is 4.76. The maximum absolute atomic E-state index is 11.5. The number of nitrogens with zero attached hydrogens (tertiary/aromatic N) is 1. The van der Waals surface area contributed by atoms with E-state index in [4.69, 9.17) is 0 Å². The smallest absolute Gasteiger partial charge is 0.248 e. The molecule has 0 aliphatic heterocycles. The molecule has 0 spiro atoms. The maximum atomic E-state index is 11.5. The van der Waals surface area contributed by atoms with Crippen molar-refractivity contribution in [2.75, 3.05) is 6.54 Å². The lowest BCUT2D eigenvalue weighted by Gasteiger charge is -2.18. The minimum Gasteiger partial charge on any atom is -0.506 e. The predicted molar refractivity (Wildman–Crippen MR) is 94.6 cm³/mol. The van der Waals surface area contributed by atoms with Gasteiger partial charge in [0.1, 0.15) is 5.75 Å². The average molecular weight is 337 g/mol. The summed E-state index contributed by atoms with van der Waals surface area (Å²) in [5, 5.41) is 24.6. The number of nitrogens with one attached hydrogen (secondary N) is 2. The SMILES string of the molecule is O=c1ccc2c([C@@H](O)CNC3Cc4cccnc4C3)ccc(O)c2[nH]1. The zero-order valence-corrected chi connectivity index (χ0v) is 13.6. The van der Waals surface area contributed by atoms with Crippen LogP contribution in [0.2, 0.25) is 0 Å². The van der Waals surface area contributed by atoms with E-state index in [0.29, 0.717) is 23.0 Å². The van der Waals surface area contributed by atoms with Gasteiger partial charge in [-0.2, -0.15) is 0 Å². The van der Waals surface area contributed by atoms with Gasteiger partial charge in [0, 0.05) is 42.4 Å². The van der Waals surface area contributed by atoms with E-state index in [1.165, 1.54) is 17.7 Å². The Morgan fingerprint density at radius 2 is 2.12 bits per heavy atom. The fourth-order valence-electron chi connectivity index (χ4n) is 3.49. The average Bonchev–Trinajstić information content (AvgIpc) is 3.03. The van der Waals surface area contributed by atoms with Crippen LogP contribution < -0.4 is 10.9 Å². The van der Waals surface area contributed by atoms with Crippen LogP contribution in [0.5, 0.6) is 5.75 Å². The molecule has 0 saturated carbocycles. The highest BCUT2D eigenvalue weighted by atomic mass is 16.3. The summed E-state index contributed by atoms with van der Waals surface area (Å²) in [6.45, 7) is 0.387. The first kappa shape index (κ1) is 15.8. The lowest BCUT2D eigenvalue weighted by molar-refractivity contribution is 0.171. The fraction of sp³-hybridized carbons (Fsp3) is 0.263. The molecule has 2 atom stereocenters. The van der Waals surface area contributed by atoms with E-state index in [0.717, 1.165) is 18.5 Å². The van der Waals surface area contributed by atoms with Gasteiger partial charge in [0.25, 0.3) is 0 Å². The van der Waals surface area contributed by atoms with E-state index in [-0.39, 0.29) is 17.4 Å². The van der Waals surface area contributed by atoms with Crippen LogP contribution in [0.15, 0.2) is 47.4 Å². The minimum atomic E-state index is -0.745. The summed E-state index contributed by atoms with van der Waals surface area (Å²) in [6, 6.07) is 10.5. The summed E-state index contributed by atoms with van der Waals surface area (Å²) >= 11 is 0. The Bertz CT molecular complexity index is 958. The summed E-state index contributed by atoms with van der Waals surface area (Å²) in [5.74, 6) is -0.00562. The molecular weight excluding hydrogens is 318 g/mol. The summed E-state index contributed by atoms with van der Waals surface area (Å²) in [7, 11) is 0. The molecule has 0 fully saturated rings. The molecule has 0 saturated heterocycles. The van der Waals surface area contributed by atoms with Crippen LogP contribution in [0.1, 0.15) is 22.9 Å². The number of benzene rings is 1. The molecule has 1 aliphatic carbocycles. The van der Waals surface area contributed by atoms with Crippen LogP contribution in [0.25, 0.3) is 10.9 Å². The van der Waals surface area contributed by atoms with E-state index < -0.39 is 6.10 Å². The number of aliphatic hydroxyl groups excluding tert-OH is 1. The molecule has 3 aromatic rings. The summed E-state index contributed by atoms with van der Waals surface area (Å²) in [6.07, 6.45) is 2.82. The van der Waals surface area contributed by atoms with E-state index >= 15 is 0 Å². The van der Waals surface area contributed by atoms with Crippen molar-refractivity contribution in [3.05, 3.63) is 69.8 Å². The van der Waals surface area contributed by atoms with Gasteiger partial charge in [-0.25, -0.2) is 0 Å². The van der Waals surface area contributed by atoms with Gasteiger partial charge in [0.05, 0.1) is 11.6 Å². The number of aromatic nitrogens is 2. The standard InChI is InChI=1S/C19H19N3O3/c23-16-5-3-13(14-4-6-18(25)22-19(14)16)17(24)10-21-12-8-11-2-1-7-20-15(11)9-12/h1-7,12,17,21,23-24H,8-10H2,(H,22,25)/t12?,17-/m0/s1. The lowest BCUT2D eigenvalue weighted by atomic mass is 10.0. The third kappa shape index (κ3) is 3.01. The monoisotopic (exact) mass is 337 g/mol. The third-order valence-electron chi connectivity index (χ3n) is 4.76. The van der Waals surface area contributed by atoms with E-state index in [9.17, 15) is 15.0 Å². The van der Waals surface area contributed by atoms with Crippen molar-refractivity contribution in [2.24, 2.45) is 0 Å². The highest BCUT2D eigenvalue weighted by Crippen LogP contribution is 2.29. The molecule has 4 rings (SSSR count). The van der Waals surface area contributed by atoms with Crippen LogP contribution in [-0.2, 0) is 12.8 Å². The molecular formula is C19H19N3O3. The molecule has 1 unspecified atom stereocenters. The number of aromatic amines is 1. The Morgan fingerprint density at radius 1 is 1.24 bits per heavy atom. The van der Waals surface area contributed by atoms with Gasteiger partial charge in [-0.15, -0.1) is 0 Å². The number of fused-ring (bicyclic) bond motifs is 2. The van der Waals surface area contributed by atoms with Crippen molar-refractivity contribution < 1.29 is 10.2 Å². The number of rotatable bonds is 4. The summed E-state index contributed by atoms with van der Waals surface area (Å²) in [5.41, 5.74) is 3.10. The summed E-state index contributed by atoms with van der Waals surface area (Å²) in [4.78, 5) is 18.5. The van der Waals surface area contributed by atoms with Crippen molar-refractivity contribution in [3.63, 3.8) is 0 Å². The number of H-pyrrole nitrogens is 1. The molecule has 2 heterocycles. The number of aliphatic hydroxyl groups is 1. The number of hydrogen-bond acceptors (Lipinski definition) is 5. The molecule has 0 amide bonds. The predicted octanol–water partition coefficient (Wildman–Crippen LogP) is 1.42. The van der Waals surface area contributed by atoms with Crippen LogP contribution in [0.4, 0.5) is 0 Å². The Morgan fingerprint density at radius 3 is 2.96 bits per heavy atom. The molecule has 0 radical (unpaired) electrons. The van der Waals surface area contributed by atoms with Gasteiger partial charge in [-0.05, 0) is 35.7 Å². The topological polar surface area (TPSA) is 98.2 Å². The molecule has 6 heteroatoms. The first-order valence-corrected chi connectivity index (χ1v) is 8.31. The van der Waals surface area contributed by atoms with Crippen molar-refractivity contribution in [2.45, 2.75) is 25.0 Å². The van der Waals surface area contributed by atoms with Crippen LogP contribution in [0, 0.1) is 0 Å². The fourth-order valence-corrected chi connectivity index (χ4v) is 3.49. The van der Waals surface area contributed by atoms with E-state index in [2.05, 4.69) is 21.4 Å². The normalized spacial score (nSPS) is 17.6. The molecule has 1 aromatic carbocycles. The zero-order chi connectivity index (χ0) is 17.4. The minimum absolute atomic E-state index is 0.00562. The highest BCUT2D eigenvalue weighted by Gasteiger charge is 2.23. The lowest BCUT2D eigenvalue weighted by Crippen LogP contribution is -2.33. The molecule has 0 bridgehead atoms. The van der Waals surface area contributed by atoms with Crippen LogP contribution in [0.3, 0.4) is 0 Å². The Hall–Kier alpha value is -2.70. The van der Waals surface area contributed by atoms with E-state index in [1.54, 1.807) is 18.3 Å². The number of phenols is 1. The van der Waals surface area contributed by atoms with Gasteiger partial charge >= 0.3 is 0 Å². The van der Waals surface area contributed by atoms with Gasteiger partial charge in [0.15, 0.2) is 0 Å². The Labute approximate surface area is 144 Å². The molecule has 2 aromatic heterocycles. The van der Waals surface area contributed by atoms with Crippen molar-refractivity contribution >= 4 is 10.9 Å². The van der Waals surface area contributed by atoms with Gasteiger partial charge in [-0.3, -0.25) is 9.78 Å². The van der Waals surface area contributed by atoms with Gasteiger partial charge in [0.2, 0.25) is 5.56 Å². The molecule has 1 aliphatic rings. The number of hydrogen-bond donors (Lipinski definition) is 4. The largest absolute Gasteiger partial charge is 0.506 e. The quantitative estimate of drug-likeness (QED) is 0.577. The van der Waals surface area contributed by atoms with Gasteiger partial charge in [-0.1, -0.05) is 12.1 Å². The summed E-state index contributed by atoms with van der Waals surface area (Å²) < 4.78 is 0. The van der Waals surface area contributed by atoms with Gasteiger partial charge < -0.3 is 20.5 Å². The Kier molecular flexibility index (Phi) is 3.99. The van der Waals surface area contributed by atoms with Crippen molar-refractivity contribution in [1.82, 2.24) is 15.3 Å². The number of aromatic hydroxyl groups is 1. The van der Waals surface area contributed by atoms with E-state index in [1.807, 2.05) is 6.07 Å². The van der Waals surface area contributed by atoms with Crippen LogP contribution >= 0.6 is 0 Å². The molecule has 6 nitrogen and oxygen atoms in total. The second-order valence-electron chi connectivity index (χ2n) is 6.42. The second kappa shape index (κ2) is 6.31. The van der Waals surface area contributed by atoms with Crippen molar-refractivity contribution in [3.8, 4) is 5.75 Å². The zero-order valence-electron chi connectivity index (χ0n) is 13.6. The number of phenolic OH excluding ortho intramolecular Hbond substituents is 1. The number of pyridine rings is 2. The molecule has 4 N–H and O–H groups in total. The second-order valence-corrected chi connectivity index (χ2v) is 6.42. The first-order valence-electron chi connectivity index (χ1n) is 8.31. The van der Waals surface area contributed by atoms with Crippen molar-refractivity contribution in [1.29, 1.82) is 0 Å². The Balaban J connectivity index is 1.51. The molecule has 128 valence electrons.